The number of benzene rings is 12. The van der Waals surface area contributed by atoms with E-state index in [1.807, 2.05) is 0 Å². The molecular weight excluding hydrogens is 1100 g/mol. The molecule has 1 aliphatic carbocycles. The largest absolute Gasteiger partial charge is 0.335 e. The van der Waals surface area contributed by atoms with Gasteiger partial charge in [0.1, 0.15) is 0 Å². The lowest BCUT2D eigenvalue weighted by molar-refractivity contribution is 0.569. The van der Waals surface area contributed by atoms with Gasteiger partial charge < -0.3 is 9.80 Å². The Morgan fingerprint density at radius 1 is 0.330 bits per heavy atom. The summed E-state index contributed by atoms with van der Waals surface area (Å²) >= 11 is 0. The molecule has 0 radical (unpaired) electrons. The van der Waals surface area contributed by atoms with Crippen molar-refractivity contribution in [1.29, 1.82) is 0 Å². The second-order valence-corrected chi connectivity index (χ2v) is 28.9. The van der Waals surface area contributed by atoms with Gasteiger partial charge in [0.05, 0.1) is 6.04 Å². The van der Waals surface area contributed by atoms with Crippen LogP contribution in [0, 0.1) is 0 Å². The van der Waals surface area contributed by atoms with Crippen molar-refractivity contribution in [1.82, 2.24) is 0 Å². The summed E-state index contributed by atoms with van der Waals surface area (Å²) in [5.41, 5.74) is 26.8. The lowest BCUT2D eigenvalue weighted by Crippen LogP contribution is -2.62. The molecule has 0 spiro atoms. The van der Waals surface area contributed by atoms with E-state index in [0.29, 0.717) is 0 Å². The van der Waals surface area contributed by atoms with E-state index in [1.54, 1.807) is 0 Å². The van der Waals surface area contributed by atoms with Crippen molar-refractivity contribution in [2.45, 2.75) is 103 Å². The summed E-state index contributed by atoms with van der Waals surface area (Å²) in [5, 5.41) is 4.96. The number of hydrogen-bond donors (Lipinski definition) is 0. The van der Waals surface area contributed by atoms with Crippen molar-refractivity contribution in [3.05, 3.63) is 312 Å². The Morgan fingerprint density at radius 3 is 1.26 bits per heavy atom. The Balaban J connectivity index is 1.06. The van der Waals surface area contributed by atoms with Crippen LogP contribution in [0.1, 0.15) is 109 Å². The molecule has 3 heteroatoms. The highest BCUT2D eigenvalue weighted by Gasteiger charge is 2.46. The molecule has 0 fully saturated rings. The van der Waals surface area contributed by atoms with Gasteiger partial charge in [-0.2, -0.15) is 0 Å². The average molecular weight is 1180 g/mol. The Hall–Kier alpha value is -9.70. The van der Waals surface area contributed by atoms with Gasteiger partial charge in [-0.1, -0.05) is 294 Å². The number of hydrogen-bond acceptors (Lipinski definition) is 2. The first-order valence-corrected chi connectivity index (χ1v) is 32.8. The standard InChI is InChI=1S/C88H79BN2/c1-85(2,3)68-51-61(52-69(55-68)86(4,5)6)59-48-60(50-63(49-59)83-74-42-28-26-40-72(74)82(58-30-16-11-17-31-58)73-41-27-29-43-75(73)83)62-53-80-84-81(54-62)91(71-38-24-15-25-39-71)79-57-67(88(9,10)65-34-20-13-21-35-65)45-47-77(79)89(84)76-46-44-66(87(7,8)64-32-18-12-19-33-64)56-78(76)90(80)70-36-22-14-23-37-70/h11-38,40-57,71H,39H2,1-10H3. The minimum atomic E-state index is -0.284. The SMILES string of the molecule is CC(C)(C)c1cc(-c2cc(-c3cc4c5c(c3)N(C3C=CC=CC3)c3cc(C(C)(C)c6ccccc6)ccc3B5c3ccc(C(C)(C)c5ccccc5)cc3N4c3ccccc3)cc(-c3c4ccccc4c(-c4ccccc4)c4ccccc34)c2)cc(C(C)(C)C)c1. The van der Waals surface area contributed by atoms with E-state index in [2.05, 4.69) is 358 Å². The second kappa shape index (κ2) is 22.1. The molecule has 12 aromatic carbocycles. The third-order valence-corrected chi connectivity index (χ3v) is 20.4. The van der Waals surface area contributed by atoms with E-state index in [-0.39, 0.29) is 34.4 Å². The fraction of sp³-hybridized carbons (Fsp3) is 0.182. The van der Waals surface area contributed by atoms with Gasteiger partial charge in [0.2, 0.25) is 0 Å². The van der Waals surface area contributed by atoms with Crippen molar-refractivity contribution in [2.75, 3.05) is 9.80 Å². The van der Waals surface area contributed by atoms with Crippen LogP contribution < -0.4 is 26.2 Å². The Morgan fingerprint density at radius 2 is 0.758 bits per heavy atom. The minimum absolute atomic E-state index is 0.0541. The van der Waals surface area contributed by atoms with Gasteiger partial charge in [-0.25, -0.2) is 0 Å². The van der Waals surface area contributed by atoms with Gasteiger partial charge in [0.15, 0.2) is 0 Å². The third-order valence-electron chi connectivity index (χ3n) is 20.4. The maximum Gasteiger partial charge on any atom is 0.252 e. The fourth-order valence-electron chi connectivity index (χ4n) is 15.1. The average Bonchev–Trinajstić information content (AvgIpc) is 0.710. The maximum absolute atomic E-state index is 2.73. The highest BCUT2D eigenvalue weighted by Crippen LogP contribution is 2.50. The van der Waals surface area contributed by atoms with Crippen LogP contribution in [0.4, 0.5) is 28.4 Å². The lowest BCUT2D eigenvalue weighted by atomic mass is 9.33. The van der Waals surface area contributed by atoms with E-state index in [4.69, 9.17) is 0 Å². The molecule has 0 aromatic heterocycles. The zero-order valence-corrected chi connectivity index (χ0v) is 54.3. The normalized spacial score (nSPS) is 14.6. The molecule has 0 saturated carbocycles. The summed E-state index contributed by atoms with van der Waals surface area (Å²) in [6.45, 7) is 23.6. The van der Waals surface area contributed by atoms with E-state index < -0.39 is 0 Å². The molecule has 1 unspecified atom stereocenters. The van der Waals surface area contributed by atoms with E-state index in [9.17, 15) is 0 Å². The van der Waals surface area contributed by atoms with Gasteiger partial charge in [-0.3, -0.25) is 0 Å². The van der Waals surface area contributed by atoms with Gasteiger partial charge in [-0.05, 0) is 188 Å². The molecule has 444 valence electrons. The van der Waals surface area contributed by atoms with E-state index in [1.165, 1.54) is 139 Å². The van der Waals surface area contributed by atoms with Gasteiger partial charge in [-0.15, -0.1) is 0 Å². The van der Waals surface area contributed by atoms with Crippen LogP contribution in [0.25, 0.3) is 66.1 Å². The van der Waals surface area contributed by atoms with E-state index in [0.717, 1.165) is 12.1 Å². The van der Waals surface area contributed by atoms with Gasteiger partial charge >= 0.3 is 0 Å². The number of para-hydroxylation sites is 1. The minimum Gasteiger partial charge on any atom is -0.335 e. The molecule has 0 N–H and O–H groups in total. The first kappa shape index (κ1) is 57.7. The smallest absolute Gasteiger partial charge is 0.252 e. The van der Waals surface area contributed by atoms with Crippen LogP contribution in [0.3, 0.4) is 0 Å². The quantitative estimate of drug-likeness (QED) is 0.0995. The third kappa shape index (κ3) is 9.96. The van der Waals surface area contributed by atoms with Crippen molar-refractivity contribution < 1.29 is 0 Å². The molecule has 12 aromatic rings. The number of anilines is 5. The molecule has 3 aliphatic rings. The number of rotatable bonds is 10. The molecular formula is C88H79BN2. The van der Waals surface area contributed by atoms with E-state index >= 15 is 0 Å². The Labute approximate surface area is 540 Å². The summed E-state index contributed by atoms with van der Waals surface area (Å²) in [6, 6.07) is 97.6. The van der Waals surface area contributed by atoms with Gasteiger partial charge in [0.25, 0.3) is 6.71 Å². The lowest BCUT2D eigenvalue weighted by Gasteiger charge is -2.47. The number of fused-ring (bicyclic) bond motifs is 6. The Bertz CT molecular complexity index is 4780. The highest BCUT2D eigenvalue weighted by atomic mass is 15.2. The summed E-state index contributed by atoms with van der Waals surface area (Å²) < 4.78 is 0. The van der Waals surface area contributed by atoms with Crippen LogP contribution in [0.15, 0.2) is 279 Å². The van der Waals surface area contributed by atoms with Gasteiger partial charge in [0, 0.05) is 39.3 Å². The first-order valence-electron chi connectivity index (χ1n) is 32.8. The monoisotopic (exact) mass is 1170 g/mol. The van der Waals surface area contributed by atoms with Crippen LogP contribution >= 0.6 is 0 Å². The fourth-order valence-corrected chi connectivity index (χ4v) is 15.1. The molecule has 2 heterocycles. The first-order chi connectivity index (χ1) is 43.9. The van der Waals surface area contributed by atoms with Crippen LogP contribution in [-0.4, -0.2) is 12.8 Å². The number of nitrogens with zero attached hydrogens (tertiary/aromatic N) is 2. The predicted molar refractivity (Wildman–Crippen MR) is 392 cm³/mol. The van der Waals surface area contributed by atoms with Crippen molar-refractivity contribution >= 4 is 73.1 Å². The molecule has 0 saturated heterocycles. The molecule has 0 amide bonds. The topological polar surface area (TPSA) is 6.48 Å². The predicted octanol–water partition coefficient (Wildman–Crippen LogP) is 21.5. The second-order valence-electron chi connectivity index (χ2n) is 28.9. The summed E-state index contributed by atoms with van der Waals surface area (Å²) in [7, 11) is 0. The molecule has 1 atom stereocenters. The van der Waals surface area contributed by atoms with Crippen LogP contribution in [0.2, 0.25) is 0 Å². The summed E-state index contributed by atoms with van der Waals surface area (Å²) in [5.74, 6) is 0. The molecule has 2 aliphatic heterocycles. The molecule has 2 nitrogen and oxygen atoms in total. The zero-order valence-electron chi connectivity index (χ0n) is 54.3. The number of allylic oxidation sites excluding steroid dienone is 2. The van der Waals surface area contributed by atoms with Crippen LogP contribution in [-0.2, 0) is 21.7 Å². The van der Waals surface area contributed by atoms with Crippen LogP contribution in [0.5, 0.6) is 0 Å². The summed E-state index contributed by atoms with van der Waals surface area (Å²) in [4.78, 5) is 5.35. The molecule has 0 bridgehead atoms. The zero-order chi connectivity index (χ0) is 62.6. The summed E-state index contributed by atoms with van der Waals surface area (Å²) in [6.07, 6.45) is 10.2. The maximum atomic E-state index is 2.73. The molecule has 91 heavy (non-hydrogen) atoms. The van der Waals surface area contributed by atoms with Crippen molar-refractivity contribution in [3.8, 4) is 44.5 Å². The van der Waals surface area contributed by atoms with Crippen molar-refractivity contribution in [2.24, 2.45) is 0 Å². The Kier molecular flexibility index (Phi) is 14.0. The molecule has 15 rings (SSSR count). The highest BCUT2D eigenvalue weighted by molar-refractivity contribution is 7.00. The van der Waals surface area contributed by atoms with Crippen molar-refractivity contribution in [3.63, 3.8) is 0 Å².